The lowest BCUT2D eigenvalue weighted by Crippen LogP contribution is -2.51. The molecule has 0 atom stereocenters. The Hall–Kier alpha value is -0.680. The van der Waals surface area contributed by atoms with Gasteiger partial charge in [0.05, 0.1) is 5.54 Å². The molecule has 1 fully saturated rings. The summed E-state index contributed by atoms with van der Waals surface area (Å²) in [6.07, 6.45) is 3.58. The van der Waals surface area contributed by atoms with Crippen molar-refractivity contribution >= 4 is 16.7 Å². The zero-order chi connectivity index (χ0) is 9.31. The second-order valence-electron chi connectivity index (χ2n) is 3.61. The first kappa shape index (κ1) is 8.90. The monoisotopic (exact) mass is 198 g/mol. The third kappa shape index (κ3) is 1.66. The molecule has 0 aromatic carbocycles. The standard InChI is InChI=1S/C8H14N4S/c1-6-10-7(13-12-6)11-8(5-9)3-2-4-8/h2-5,9H2,1H3,(H,10,11,12). The molecule has 1 aromatic heterocycles. The third-order valence-electron chi connectivity index (χ3n) is 2.60. The molecular formula is C8H14N4S. The molecule has 2 rings (SSSR count). The summed E-state index contributed by atoms with van der Waals surface area (Å²) in [5.41, 5.74) is 5.83. The molecule has 3 N–H and O–H groups in total. The summed E-state index contributed by atoms with van der Waals surface area (Å²) < 4.78 is 4.12. The van der Waals surface area contributed by atoms with Crippen molar-refractivity contribution in [3.63, 3.8) is 0 Å². The van der Waals surface area contributed by atoms with Crippen LogP contribution in [-0.4, -0.2) is 21.4 Å². The van der Waals surface area contributed by atoms with Gasteiger partial charge in [-0.2, -0.15) is 4.37 Å². The largest absolute Gasteiger partial charge is 0.354 e. The molecule has 72 valence electrons. The lowest BCUT2D eigenvalue weighted by atomic mass is 9.77. The van der Waals surface area contributed by atoms with Crippen LogP contribution in [0.5, 0.6) is 0 Å². The maximum Gasteiger partial charge on any atom is 0.203 e. The summed E-state index contributed by atoms with van der Waals surface area (Å²) in [6, 6.07) is 0. The van der Waals surface area contributed by atoms with Gasteiger partial charge in [-0.15, -0.1) is 0 Å². The predicted molar refractivity (Wildman–Crippen MR) is 53.9 cm³/mol. The van der Waals surface area contributed by atoms with Gasteiger partial charge in [0, 0.05) is 18.1 Å². The lowest BCUT2D eigenvalue weighted by molar-refractivity contribution is 0.287. The van der Waals surface area contributed by atoms with E-state index in [1.807, 2.05) is 6.92 Å². The number of rotatable bonds is 3. The number of nitrogens with zero attached hydrogens (tertiary/aromatic N) is 2. The molecule has 1 aliphatic rings. The van der Waals surface area contributed by atoms with Gasteiger partial charge < -0.3 is 11.1 Å². The molecule has 1 aromatic rings. The van der Waals surface area contributed by atoms with Gasteiger partial charge in [-0.1, -0.05) is 0 Å². The summed E-state index contributed by atoms with van der Waals surface area (Å²) in [4.78, 5) is 4.27. The number of hydrogen-bond acceptors (Lipinski definition) is 5. The average molecular weight is 198 g/mol. The highest BCUT2D eigenvalue weighted by Crippen LogP contribution is 2.34. The Kier molecular flexibility index (Phi) is 2.21. The van der Waals surface area contributed by atoms with E-state index in [9.17, 15) is 0 Å². The van der Waals surface area contributed by atoms with Gasteiger partial charge in [-0.05, 0) is 26.2 Å². The maximum atomic E-state index is 5.72. The van der Waals surface area contributed by atoms with E-state index in [0.717, 1.165) is 23.8 Å². The number of anilines is 1. The molecule has 0 radical (unpaired) electrons. The van der Waals surface area contributed by atoms with Gasteiger partial charge >= 0.3 is 0 Å². The van der Waals surface area contributed by atoms with E-state index in [1.165, 1.54) is 18.0 Å². The Morgan fingerprint density at radius 1 is 1.62 bits per heavy atom. The van der Waals surface area contributed by atoms with Crippen molar-refractivity contribution in [3.05, 3.63) is 5.82 Å². The fraction of sp³-hybridized carbons (Fsp3) is 0.750. The van der Waals surface area contributed by atoms with E-state index in [4.69, 9.17) is 5.73 Å². The van der Waals surface area contributed by atoms with Crippen LogP contribution in [0.2, 0.25) is 0 Å². The molecular weight excluding hydrogens is 184 g/mol. The number of nitrogens with one attached hydrogen (secondary N) is 1. The Labute approximate surface area is 81.7 Å². The van der Waals surface area contributed by atoms with Crippen molar-refractivity contribution < 1.29 is 0 Å². The number of aryl methyl sites for hydroxylation is 1. The van der Waals surface area contributed by atoms with Crippen LogP contribution in [0.4, 0.5) is 5.13 Å². The smallest absolute Gasteiger partial charge is 0.203 e. The van der Waals surface area contributed by atoms with Crippen molar-refractivity contribution in [2.75, 3.05) is 11.9 Å². The van der Waals surface area contributed by atoms with Crippen molar-refractivity contribution in [1.82, 2.24) is 9.36 Å². The van der Waals surface area contributed by atoms with E-state index < -0.39 is 0 Å². The second kappa shape index (κ2) is 3.23. The highest BCUT2D eigenvalue weighted by atomic mass is 32.1. The second-order valence-corrected chi connectivity index (χ2v) is 4.36. The molecule has 5 heteroatoms. The van der Waals surface area contributed by atoms with Crippen molar-refractivity contribution in [2.45, 2.75) is 31.7 Å². The zero-order valence-electron chi connectivity index (χ0n) is 7.71. The van der Waals surface area contributed by atoms with Gasteiger partial charge in [-0.3, -0.25) is 0 Å². The van der Waals surface area contributed by atoms with E-state index in [0.29, 0.717) is 6.54 Å². The van der Waals surface area contributed by atoms with Crippen LogP contribution in [0, 0.1) is 6.92 Å². The minimum atomic E-state index is 0.117. The first-order valence-electron chi connectivity index (χ1n) is 4.53. The normalized spacial score (nSPS) is 19.5. The highest BCUT2D eigenvalue weighted by Gasteiger charge is 2.36. The van der Waals surface area contributed by atoms with Crippen LogP contribution in [0.25, 0.3) is 0 Å². The molecule has 0 saturated heterocycles. The molecule has 1 heterocycles. The zero-order valence-corrected chi connectivity index (χ0v) is 8.52. The van der Waals surface area contributed by atoms with E-state index in [2.05, 4.69) is 14.7 Å². The highest BCUT2D eigenvalue weighted by molar-refractivity contribution is 7.09. The molecule has 13 heavy (non-hydrogen) atoms. The van der Waals surface area contributed by atoms with Gasteiger partial charge in [0.25, 0.3) is 0 Å². The van der Waals surface area contributed by atoms with Gasteiger partial charge in [0.15, 0.2) is 0 Å². The molecule has 0 bridgehead atoms. The minimum absolute atomic E-state index is 0.117. The number of hydrogen-bond donors (Lipinski definition) is 2. The predicted octanol–water partition coefficient (Wildman–Crippen LogP) is 1.14. The molecule has 0 spiro atoms. The topological polar surface area (TPSA) is 63.8 Å². The van der Waals surface area contributed by atoms with E-state index in [1.54, 1.807) is 0 Å². The third-order valence-corrected chi connectivity index (χ3v) is 3.32. The lowest BCUT2D eigenvalue weighted by Gasteiger charge is -2.41. The van der Waals surface area contributed by atoms with Gasteiger partial charge in [0.2, 0.25) is 5.13 Å². The van der Waals surface area contributed by atoms with Crippen LogP contribution < -0.4 is 11.1 Å². The van der Waals surface area contributed by atoms with Crippen molar-refractivity contribution in [3.8, 4) is 0 Å². The molecule has 1 aliphatic carbocycles. The van der Waals surface area contributed by atoms with Crippen LogP contribution in [-0.2, 0) is 0 Å². The summed E-state index contributed by atoms with van der Waals surface area (Å²) >= 11 is 1.41. The Morgan fingerprint density at radius 2 is 2.38 bits per heavy atom. The Bertz CT molecular complexity index is 287. The van der Waals surface area contributed by atoms with Crippen LogP contribution >= 0.6 is 11.5 Å². The molecule has 0 unspecified atom stereocenters. The van der Waals surface area contributed by atoms with E-state index >= 15 is 0 Å². The van der Waals surface area contributed by atoms with Crippen molar-refractivity contribution in [2.24, 2.45) is 5.73 Å². The fourth-order valence-electron chi connectivity index (χ4n) is 1.56. The minimum Gasteiger partial charge on any atom is -0.354 e. The number of aromatic nitrogens is 2. The first-order valence-corrected chi connectivity index (χ1v) is 5.30. The Balaban J connectivity index is 2.04. The van der Waals surface area contributed by atoms with Crippen LogP contribution in [0.1, 0.15) is 25.1 Å². The Morgan fingerprint density at radius 3 is 2.77 bits per heavy atom. The fourth-order valence-corrected chi connectivity index (χ4v) is 2.25. The van der Waals surface area contributed by atoms with Crippen LogP contribution in [0.15, 0.2) is 0 Å². The maximum absolute atomic E-state index is 5.72. The number of nitrogens with two attached hydrogens (primary N) is 1. The van der Waals surface area contributed by atoms with Gasteiger partial charge in [-0.25, -0.2) is 4.98 Å². The quantitative estimate of drug-likeness (QED) is 0.764. The van der Waals surface area contributed by atoms with Crippen molar-refractivity contribution in [1.29, 1.82) is 0 Å². The molecule has 4 nitrogen and oxygen atoms in total. The summed E-state index contributed by atoms with van der Waals surface area (Å²) in [7, 11) is 0. The molecule has 0 amide bonds. The summed E-state index contributed by atoms with van der Waals surface area (Å²) in [5, 5.41) is 4.29. The summed E-state index contributed by atoms with van der Waals surface area (Å²) in [5.74, 6) is 0.832. The van der Waals surface area contributed by atoms with E-state index in [-0.39, 0.29) is 5.54 Å². The average Bonchev–Trinajstić information content (AvgIpc) is 2.44. The molecule has 0 aliphatic heterocycles. The summed E-state index contributed by atoms with van der Waals surface area (Å²) in [6.45, 7) is 2.59. The first-order chi connectivity index (χ1) is 6.24. The SMILES string of the molecule is Cc1nsc(NC2(CN)CCC2)n1. The van der Waals surface area contributed by atoms with Gasteiger partial charge in [0.1, 0.15) is 5.82 Å². The molecule has 1 saturated carbocycles. The van der Waals surface area contributed by atoms with Crippen LogP contribution in [0.3, 0.4) is 0 Å².